The van der Waals surface area contributed by atoms with E-state index >= 15 is 0 Å². The standard InChI is InChI=1S/C36H32N4O4/c1-21(2)22-15-17-24(18-16-22)37-34(41)27-12-5-7-14-30(27)40-35(42)31-20-28-26-11-4-6-13-29(26)38-32(28)33(39(31)36(40)43)23-9-8-10-25(19-23)44-3/h4-19,21,31,33,38H,20H2,1-3H3,(H,37,41). The minimum absolute atomic E-state index is 0.240. The van der Waals surface area contributed by atoms with Gasteiger partial charge in [-0.25, -0.2) is 9.69 Å². The zero-order valence-corrected chi connectivity index (χ0v) is 24.7. The summed E-state index contributed by atoms with van der Waals surface area (Å²) in [6.07, 6.45) is 0.359. The molecule has 1 fully saturated rings. The van der Waals surface area contributed by atoms with Crippen molar-refractivity contribution in [3.05, 3.63) is 125 Å². The van der Waals surface area contributed by atoms with E-state index in [2.05, 4.69) is 24.1 Å². The number of aromatic nitrogens is 1. The van der Waals surface area contributed by atoms with Gasteiger partial charge >= 0.3 is 6.03 Å². The molecule has 2 atom stereocenters. The van der Waals surface area contributed by atoms with Crippen molar-refractivity contribution in [1.29, 1.82) is 0 Å². The molecule has 8 nitrogen and oxygen atoms in total. The Morgan fingerprint density at radius 3 is 2.45 bits per heavy atom. The lowest BCUT2D eigenvalue weighted by molar-refractivity contribution is -0.120. The lowest BCUT2D eigenvalue weighted by Crippen LogP contribution is -2.44. The SMILES string of the molecule is COc1cccc(C2c3[nH]c4ccccc4c3CC3C(=O)N(c4ccccc4C(=O)Nc4ccc(C(C)C)cc4)C(=O)N32)c1. The van der Waals surface area contributed by atoms with Gasteiger partial charge in [0.1, 0.15) is 17.8 Å². The third-order valence-corrected chi connectivity index (χ3v) is 8.68. The number of anilines is 2. The zero-order valence-electron chi connectivity index (χ0n) is 24.7. The van der Waals surface area contributed by atoms with Crippen molar-refractivity contribution in [3.63, 3.8) is 0 Å². The average molecular weight is 585 g/mol. The third-order valence-electron chi connectivity index (χ3n) is 8.68. The van der Waals surface area contributed by atoms with E-state index in [9.17, 15) is 14.4 Å². The first kappa shape index (κ1) is 27.5. The number of carbonyl (C=O) groups excluding carboxylic acids is 3. The van der Waals surface area contributed by atoms with Crippen molar-refractivity contribution < 1.29 is 19.1 Å². The second-order valence-electron chi connectivity index (χ2n) is 11.6. The van der Waals surface area contributed by atoms with E-state index in [1.807, 2.05) is 72.8 Å². The summed E-state index contributed by atoms with van der Waals surface area (Å²) in [7, 11) is 1.60. The van der Waals surface area contributed by atoms with Crippen molar-refractivity contribution in [2.75, 3.05) is 17.3 Å². The fourth-order valence-corrected chi connectivity index (χ4v) is 6.46. The Morgan fingerprint density at radius 1 is 0.932 bits per heavy atom. The number of fused-ring (bicyclic) bond motifs is 4. The number of amides is 4. The Labute approximate surface area is 255 Å². The van der Waals surface area contributed by atoms with Gasteiger partial charge in [-0.1, -0.05) is 68.4 Å². The molecule has 8 heteroatoms. The van der Waals surface area contributed by atoms with Crippen LogP contribution in [-0.2, 0) is 11.2 Å². The van der Waals surface area contributed by atoms with E-state index in [1.165, 1.54) is 4.90 Å². The van der Waals surface area contributed by atoms with Crippen LogP contribution in [0.4, 0.5) is 16.2 Å². The van der Waals surface area contributed by atoms with Crippen molar-refractivity contribution in [3.8, 4) is 5.75 Å². The summed E-state index contributed by atoms with van der Waals surface area (Å²) in [6.45, 7) is 4.22. The maximum atomic E-state index is 14.4. The Hall–Kier alpha value is -5.37. The first-order valence-corrected chi connectivity index (χ1v) is 14.8. The van der Waals surface area contributed by atoms with Gasteiger partial charge in [0.25, 0.3) is 11.8 Å². The van der Waals surface area contributed by atoms with Crippen molar-refractivity contribution in [2.45, 2.75) is 38.3 Å². The fraction of sp³-hybridized carbons (Fsp3) is 0.194. The van der Waals surface area contributed by atoms with Gasteiger partial charge in [-0.15, -0.1) is 0 Å². The van der Waals surface area contributed by atoms with Gasteiger partial charge < -0.3 is 15.0 Å². The van der Waals surface area contributed by atoms with Gasteiger partial charge in [0.05, 0.1) is 18.4 Å². The monoisotopic (exact) mass is 584 g/mol. The number of ether oxygens (including phenoxy) is 1. The molecule has 1 aromatic heterocycles. The van der Waals surface area contributed by atoms with E-state index in [4.69, 9.17) is 4.74 Å². The highest BCUT2D eigenvalue weighted by Crippen LogP contribution is 2.45. The number of nitrogens with zero attached hydrogens (tertiary/aromatic N) is 2. The van der Waals surface area contributed by atoms with Crippen molar-refractivity contribution in [2.24, 2.45) is 0 Å². The molecule has 2 aliphatic rings. The minimum atomic E-state index is -0.745. The van der Waals surface area contributed by atoms with Crippen LogP contribution in [0.25, 0.3) is 10.9 Å². The number of carbonyl (C=O) groups is 3. The number of nitrogens with one attached hydrogen (secondary N) is 2. The van der Waals surface area contributed by atoms with Crippen molar-refractivity contribution in [1.82, 2.24) is 9.88 Å². The van der Waals surface area contributed by atoms with Crippen LogP contribution in [0.3, 0.4) is 0 Å². The number of aromatic amines is 1. The molecule has 5 aromatic rings. The molecular formula is C36H32N4O4. The summed E-state index contributed by atoms with van der Waals surface area (Å²) in [4.78, 5) is 48.6. The molecule has 0 aliphatic carbocycles. The second kappa shape index (κ2) is 10.7. The zero-order chi connectivity index (χ0) is 30.5. The number of para-hydroxylation sites is 2. The Kier molecular flexibility index (Phi) is 6.69. The minimum Gasteiger partial charge on any atom is -0.497 e. The summed E-state index contributed by atoms with van der Waals surface area (Å²) in [5.41, 5.74) is 5.94. The number of rotatable bonds is 6. The van der Waals surface area contributed by atoms with Gasteiger partial charge in [-0.05, 0) is 65.1 Å². The average Bonchev–Trinajstić information content (AvgIpc) is 3.54. The molecule has 4 aromatic carbocycles. The summed E-state index contributed by atoms with van der Waals surface area (Å²) < 4.78 is 5.52. The maximum Gasteiger partial charge on any atom is 0.332 e. The number of benzene rings is 4. The van der Waals surface area contributed by atoms with E-state index in [1.54, 1.807) is 36.3 Å². The largest absolute Gasteiger partial charge is 0.497 e. The molecule has 0 radical (unpaired) electrons. The number of hydrogen-bond acceptors (Lipinski definition) is 4. The Bertz CT molecular complexity index is 1930. The molecule has 3 heterocycles. The molecular weight excluding hydrogens is 552 g/mol. The van der Waals surface area contributed by atoms with Gasteiger partial charge in [-0.2, -0.15) is 0 Å². The normalized spacial score (nSPS) is 17.6. The van der Waals surface area contributed by atoms with Crippen LogP contribution in [0, 0.1) is 0 Å². The molecule has 2 N–H and O–H groups in total. The molecule has 2 aliphatic heterocycles. The summed E-state index contributed by atoms with van der Waals surface area (Å²) >= 11 is 0. The quantitative estimate of drug-likeness (QED) is 0.210. The molecule has 1 saturated heterocycles. The lowest BCUT2D eigenvalue weighted by Gasteiger charge is -2.36. The Balaban J connectivity index is 1.29. The molecule has 0 bridgehead atoms. The number of methoxy groups -OCH3 is 1. The van der Waals surface area contributed by atoms with Gasteiger partial charge in [0.2, 0.25) is 0 Å². The first-order valence-electron chi connectivity index (χ1n) is 14.8. The molecule has 4 amide bonds. The smallest absolute Gasteiger partial charge is 0.332 e. The number of urea groups is 1. The third kappa shape index (κ3) is 4.41. The molecule has 0 spiro atoms. The summed E-state index contributed by atoms with van der Waals surface area (Å²) in [5.74, 6) is 0.261. The highest BCUT2D eigenvalue weighted by molar-refractivity contribution is 6.24. The number of hydrogen-bond donors (Lipinski definition) is 2. The molecule has 44 heavy (non-hydrogen) atoms. The predicted molar refractivity (Wildman–Crippen MR) is 170 cm³/mol. The molecule has 0 saturated carbocycles. The van der Waals surface area contributed by atoms with Crippen LogP contribution in [0.15, 0.2) is 97.1 Å². The highest BCUT2D eigenvalue weighted by Gasteiger charge is 2.53. The number of imide groups is 1. The van der Waals surface area contributed by atoms with E-state index in [0.717, 1.165) is 33.3 Å². The number of H-pyrrole nitrogens is 1. The van der Waals surface area contributed by atoms with Gasteiger partial charge in [0.15, 0.2) is 0 Å². The predicted octanol–water partition coefficient (Wildman–Crippen LogP) is 7.04. The van der Waals surface area contributed by atoms with Crippen LogP contribution < -0.4 is 15.0 Å². The van der Waals surface area contributed by atoms with E-state index < -0.39 is 24.0 Å². The molecule has 7 rings (SSSR count). The van der Waals surface area contributed by atoms with E-state index in [0.29, 0.717) is 23.8 Å². The van der Waals surface area contributed by atoms with Crippen LogP contribution in [0.5, 0.6) is 5.75 Å². The Morgan fingerprint density at radius 2 is 1.68 bits per heavy atom. The van der Waals surface area contributed by atoms with Gasteiger partial charge in [-0.3, -0.25) is 14.5 Å². The van der Waals surface area contributed by atoms with E-state index in [-0.39, 0.29) is 17.2 Å². The van der Waals surface area contributed by atoms with Crippen LogP contribution in [0.1, 0.15) is 58.5 Å². The fourth-order valence-electron chi connectivity index (χ4n) is 6.46. The topological polar surface area (TPSA) is 94.7 Å². The van der Waals surface area contributed by atoms with Crippen LogP contribution in [-0.4, -0.2) is 40.9 Å². The van der Waals surface area contributed by atoms with Crippen LogP contribution in [0.2, 0.25) is 0 Å². The molecule has 220 valence electrons. The highest BCUT2D eigenvalue weighted by atomic mass is 16.5. The lowest BCUT2D eigenvalue weighted by atomic mass is 9.89. The molecule has 2 unspecified atom stereocenters. The summed E-state index contributed by atoms with van der Waals surface area (Å²) in [6, 6.07) is 28.2. The summed E-state index contributed by atoms with van der Waals surface area (Å²) in [5, 5.41) is 3.96. The maximum absolute atomic E-state index is 14.4. The van der Waals surface area contributed by atoms with Gasteiger partial charge in [0, 0.05) is 28.7 Å². The first-order chi connectivity index (χ1) is 21.4. The second-order valence-corrected chi connectivity index (χ2v) is 11.6. The van der Waals surface area contributed by atoms with Crippen LogP contribution >= 0.6 is 0 Å². The van der Waals surface area contributed by atoms with Crippen molar-refractivity contribution >= 4 is 40.1 Å².